The molecule has 0 aromatic rings. The summed E-state index contributed by atoms with van der Waals surface area (Å²) < 4.78 is 10.6. The summed E-state index contributed by atoms with van der Waals surface area (Å²) in [7, 11) is 0. The Morgan fingerprint density at radius 2 is 2.31 bits per heavy atom. The van der Waals surface area contributed by atoms with Crippen LogP contribution in [0.2, 0.25) is 0 Å². The summed E-state index contributed by atoms with van der Waals surface area (Å²) in [5.41, 5.74) is 0. The Bertz CT molecular complexity index is 196. The molecule has 0 bridgehead atoms. The van der Waals surface area contributed by atoms with Crippen LogP contribution in [0.15, 0.2) is 0 Å². The minimum Gasteiger partial charge on any atom is -0.380 e. The molecule has 0 aromatic carbocycles. The SMILES string of the molecule is O=C(NCCCOCCCl)C1CCCCO1. The first-order valence-electron chi connectivity index (χ1n) is 5.87. The zero-order valence-corrected chi connectivity index (χ0v) is 10.3. The predicted octanol–water partition coefficient (Wildman–Crippen LogP) is 1.32. The van der Waals surface area contributed by atoms with Crippen molar-refractivity contribution in [2.75, 3.05) is 32.2 Å². The maximum absolute atomic E-state index is 11.6. The van der Waals surface area contributed by atoms with Gasteiger partial charge in [0.25, 0.3) is 0 Å². The molecule has 1 heterocycles. The molecule has 0 spiro atoms. The maximum atomic E-state index is 11.6. The molecule has 1 N–H and O–H groups in total. The number of amides is 1. The highest BCUT2D eigenvalue weighted by atomic mass is 35.5. The molecule has 1 aliphatic heterocycles. The van der Waals surface area contributed by atoms with Gasteiger partial charge in [-0.1, -0.05) is 0 Å². The van der Waals surface area contributed by atoms with E-state index in [1.54, 1.807) is 0 Å². The molecule has 0 radical (unpaired) electrons. The topological polar surface area (TPSA) is 47.6 Å². The van der Waals surface area contributed by atoms with Crippen molar-refractivity contribution in [2.24, 2.45) is 0 Å². The van der Waals surface area contributed by atoms with E-state index in [-0.39, 0.29) is 12.0 Å². The van der Waals surface area contributed by atoms with Gasteiger partial charge in [0.15, 0.2) is 0 Å². The quantitative estimate of drug-likeness (QED) is 0.547. The van der Waals surface area contributed by atoms with Gasteiger partial charge in [-0.2, -0.15) is 0 Å². The molecule has 94 valence electrons. The van der Waals surface area contributed by atoms with Crippen LogP contribution in [-0.4, -0.2) is 44.3 Å². The van der Waals surface area contributed by atoms with Crippen LogP contribution in [0.25, 0.3) is 0 Å². The molecule has 4 nitrogen and oxygen atoms in total. The van der Waals surface area contributed by atoms with Gasteiger partial charge >= 0.3 is 0 Å². The zero-order valence-electron chi connectivity index (χ0n) is 9.54. The Balaban J connectivity index is 1.97. The summed E-state index contributed by atoms with van der Waals surface area (Å²) in [6, 6.07) is 0. The second kappa shape index (κ2) is 8.79. The molecule has 1 unspecified atom stereocenters. The lowest BCUT2D eigenvalue weighted by Gasteiger charge is -2.21. The normalized spacial score (nSPS) is 20.7. The Hall–Kier alpha value is -0.320. The van der Waals surface area contributed by atoms with Crippen LogP contribution in [0.3, 0.4) is 0 Å². The third kappa shape index (κ3) is 5.68. The van der Waals surface area contributed by atoms with Crippen LogP contribution in [-0.2, 0) is 14.3 Å². The summed E-state index contributed by atoms with van der Waals surface area (Å²) in [4.78, 5) is 11.6. The minimum absolute atomic E-state index is 0.0112. The first-order chi connectivity index (χ1) is 7.84. The highest BCUT2D eigenvalue weighted by Crippen LogP contribution is 2.12. The van der Waals surface area contributed by atoms with Gasteiger partial charge in [0.05, 0.1) is 6.61 Å². The first kappa shape index (κ1) is 13.7. The van der Waals surface area contributed by atoms with E-state index in [0.717, 1.165) is 25.7 Å². The van der Waals surface area contributed by atoms with Crippen LogP contribution in [0.4, 0.5) is 0 Å². The molecule has 16 heavy (non-hydrogen) atoms. The van der Waals surface area contributed by atoms with Crippen molar-refractivity contribution in [1.82, 2.24) is 5.32 Å². The molecule has 0 saturated carbocycles. The average Bonchev–Trinajstić information content (AvgIpc) is 2.34. The number of nitrogens with one attached hydrogen (secondary N) is 1. The van der Waals surface area contributed by atoms with Crippen LogP contribution < -0.4 is 5.32 Å². The van der Waals surface area contributed by atoms with Gasteiger partial charge in [-0.05, 0) is 25.7 Å². The summed E-state index contributed by atoms with van der Waals surface area (Å²) in [6.07, 6.45) is 3.56. The van der Waals surface area contributed by atoms with Crippen LogP contribution in [0.5, 0.6) is 0 Å². The molecule has 5 heteroatoms. The molecule has 1 rings (SSSR count). The fraction of sp³-hybridized carbons (Fsp3) is 0.909. The highest BCUT2D eigenvalue weighted by molar-refractivity contribution is 6.17. The number of halogens is 1. The number of rotatable bonds is 7. The largest absolute Gasteiger partial charge is 0.380 e. The zero-order chi connectivity index (χ0) is 11.6. The lowest BCUT2D eigenvalue weighted by atomic mass is 10.1. The third-order valence-corrected chi connectivity index (χ3v) is 2.61. The molecular weight excluding hydrogens is 230 g/mol. The number of hydrogen-bond donors (Lipinski definition) is 1. The lowest BCUT2D eigenvalue weighted by Crippen LogP contribution is -2.39. The molecule has 0 aliphatic carbocycles. The van der Waals surface area contributed by atoms with Gasteiger partial charge in [0.1, 0.15) is 6.10 Å². The number of carbonyl (C=O) groups is 1. The summed E-state index contributed by atoms with van der Waals surface area (Å²) in [5.74, 6) is 0.527. The number of alkyl halides is 1. The molecule has 1 saturated heterocycles. The standard InChI is InChI=1S/C11H20ClNO3/c12-5-9-15-7-3-6-13-11(14)10-4-1-2-8-16-10/h10H,1-9H2,(H,13,14). The second-order valence-electron chi connectivity index (χ2n) is 3.80. The average molecular weight is 250 g/mol. The van der Waals surface area contributed by atoms with Gasteiger partial charge in [0.2, 0.25) is 5.91 Å². The van der Waals surface area contributed by atoms with Crippen molar-refractivity contribution >= 4 is 17.5 Å². The van der Waals surface area contributed by atoms with E-state index < -0.39 is 0 Å². The second-order valence-corrected chi connectivity index (χ2v) is 4.18. The van der Waals surface area contributed by atoms with Crippen molar-refractivity contribution in [2.45, 2.75) is 31.8 Å². The first-order valence-corrected chi connectivity index (χ1v) is 6.41. The molecule has 0 aromatic heterocycles. The fourth-order valence-electron chi connectivity index (χ4n) is 1.60. The summed E-state index contributed by atoms with van der Waals surface area (Å²) >= 11 is 5.46. The predicted molar refractivity (Wildman–Crippen MR) is 62.8 cm³/mol. The highest BCUT2D eigenvalue weighted by Gasteiger charge is 2.20. The maximum Gasteiger partial charge on any atom is 0.249 e. The van der Waals surface area contributed by atoms with E-state index >= 15 is 0 Å². The lowest BCUT2D eigenvalue weighted by molar-refractivity contribution is -0.135. The Labute approximate surface area is 102 Å². The molecule has 1 fully saturated rings. The van der Waals surface area contributed by atoms with E-state index in [9.17, 15) is 4.79 Å². The third-order valence-electron chi connectivity index (χ3n) is 2.46. The van der Waals surface area contributed by atoms with E-state index in [1.165, 1.54) is 0 Å². The molecule has 1 atom stereocenters. The van der Waals surface area contributed by atoms with Gasteiger partial charge in [-0.25, -0.2) is 0 Å². The van der Waals surface area contributed by atoms with Crippen molar-refractivity contribution < 1.29 is 14.3 Å². The van der Waals surface area contributed by atoms with Crippen molar-refractivity contribution in [3.63, 3.8) is 0 Å². The minimum atomic E-state index is -0.238. The fourth-order valence-corrected chi connectivity index (χ4v) is 1.71. The van der Waals surface area contributed by atoms with E-state index in [0.29, 0.717) is 32.2 Å². The van der Waals surface area contributed by atoms with Gasteiger partial charge in [-0.15, -0.1) is 11.6 Å². The van der Waals surface area contributed by atoms with E-state index in [1.807, 2.05) is 0 Å². The van der Waals surface area contributed by atoms with Gasteiger partial charge < -0.3 is 14.8 Å². The van der Waals surface area contributed by atoms with Crippen molar-refractivity contribution in [3.8, 4) is 0 Å². The monoisotopic (exact) mass is 249 g/mol. The van der Waals surface area contributed by atoms with E-state index in [2.05, 4.69) is 5.32 Å². The Morgan fingerprint density at radius 1 is 1.44 bits per heavy atom. The van der Waals surface area contributed by atoms with Crippen molar-refractivity contribution in [3.05, 3.63) is 0 Å². The van der Waals surface area contributed by atoms with Gasteiger partial charge in [0, 0.05) is 25.6 Å². The van der Waals surface area contributed by atoms with Crippen LogP contribution >= 0.6 is 11.6 Å². The van der Waals surface area contributed by atoms with Crippen LogP contribution in [0, 0.1) is 0 Å². The summed E-state index contributed by atoms with van der Waals surface area (Å²) in [6.45, 7) is 2.55. The number of hydrogen-bond acceptors (Lipinski definition) is 3. The van der Waals surface area contributed by atoms with E-state index in [4.69, 9.17) is 21.1 Å². The smallest absolute Gasteiger partial charge is 0.249 e. The molecular formula is C11H20ClNO3. The van der Waals surface area contributed by atoms with Crippen LogP contribution in [0.1, 0.15) is 25.7 Å². The Morgan fingerprint density at radius 3 is 3.00 bits per heavy atom. The van der Waals surface area contributed by atoms with Crippen molar-refractivity contribution in [1.29, 1.82) is 0 Å². The Kier molecular flexibility index (Phi) is 7.55. The van der Waals surface area contributed by atoms with Gasteiger partial charge in [-0.3, -0.25) is 4.79 Å². The molecule has 1 aliphatic rings. The number of carbonyl (C=O) groups excluding carboxylic acids is 1. The molecule has 1 amide bonds. The number of ether oxygens (including phenoxy) is 2. The summed E-state index contributed by atoms with van der Waals surface area (Å²) in [5, 5.41) is 2.85.